The maximum absolute atomic E-state index is 12.3. The summed E-state index contributed by atoms with van der Waals surface area (Å²) in [6, 6.07) is 15.2. The average molecular weight is 309 g/mol. The second-order valence-electron chi connectivity index (χ2n) is 5.73. The Morgan fingerprint density at radius 3 is 2.70 bits per heavy atom. The van der Waals surface area contributed by atoms with Crippen LogP contribution in [0.2, 0.25) is 0 Å². The van der Waals surface area contributed by atoms with Gasteiger partial charge in [0.05, 0.1) is 25.1 Å². The summed E-state index contributed by atoms with van der Waals surface area (Å²) in [5.41, 5.74) is 3.72. The highest BCUT2D eigenvalue weighted by molar-refractivity contribution is 5.89. The zero-order valence-corrected chi connectivity index (χ0v) is 13.0. The van der Waals surface area contributed by atoms with Crippen molar-refractivity contribution in [2.24, 2.45) is 0 Å². The van der Waals surface area contributed by atoms with Crippen molar-refractivity contribution in [1.82, 2.24) is 5.32 Å². The molecule has 0 bridgehead atoms. The summed E-state index contributed by atoms with van der Waals surface area (Å²) in [6.45, 7) is 0. The quantitative estimate of drug-likeness (QED) is 0.884. The summed E-state index contributed by atoms with van der Waals surface area (Å²) >= 11 is 0. The Morgan fingerprint density at radius 1 is 1.17 bits per heavy atom. The third-order valence-electron chi connectivity index (χ3n) is 4.19. The van der Waals surface area contributed by atoms with Gasteiger partial charge in [-0.05, 0) is 41.7 Å². The van der Waals surface area contributed by atoms with Crippen LogP contribution in [0.15, 0.2) is 48.5 Å². The lowest BCUT2D eigenvalue weighted by Crippen LogP contribution is -2.28. The van der Waals surface area contributed by atoms with Crippen LogP contribution >= 0.6 is 0 Å². The molecule has 1 unspecified atom stereocenters. The van der Waals surface area contributed by atoms with E-state index >= 15 is 0 Å². The van der Waals surface area contributed by atoms with Crippen molar-refractivity contribution in [2.75, 3.05) is 7.11 Å². The van der Waals surface area contributed by atoms with Gasteiger partial charge in [-0.25, -0.2) is 4.79 Å². The molecule has 1 atom stereocenters. The molecule has 1 aliphatic carbocycles. The van der Waals surface area contributed by atoms with E-state index in [0.717, 1.165) is 24.0 Å². The molecule has 4 nitrogen and oxygen atoms in total. The molecule has 3 rings (SSSR count). The van der Waals surface area contributed by atoms with E-state index in [4.69, 9.17) is 4.74 Å². The van der Waals surface area contributed by atoms with Gasteiger partial charge in [0.2, 0.25) is 5.91 Å². The molecular formula is C19H19NO3. The first-order valence-corrected chi connectivity index (χ1v) is 7.72. The van der Waals surface area contributed by atoms with Crippen molar-refractivity contribution in [1.29, 1.82) is 0 Å². The molecule has 23 heavy (non-hydrogen) atoms. The Hall–Kier alpha value is -2.62. The van der Waals surface area contributed by atoms with Gasteiger partial charge in [0.15, 0.2) is 0 Å². The summed E-state index contributed by atoms with van der Waals surface area (Å²) in [4.78, 5) is 23.9. The molecule has 0 fully saturated rings. The lowest BCUT2D eigenvalue weighted by molar-refractivity contribution is -0.121. The molecule has 0 spiro atoms. The Morgan fingerprint density at radius 2 is 1.96 bits per heavy atom. The van der Waals surface area contributed by atoms with Crippen molar-refractivity contribution in [2.45, 2.75) is 25.3 Å². The van der Waals surface area contributed by atoms with Gasteiger partial charge in [-0.3, -0.25) is 4.79 Å². The minimum Gasteiger partial charge on any atom is -0.465 e. The number of aryl methyl sites for hydroxylation is 1. The highest BCUT2D eigenvalue weighted by atomic mass is 16.5. The van der Waals surface area contributed by atoms with E-state index < -0.39 is 0 Å². The third-order valence-corrected chi connectivity index (χ3v) is 4.19. The fourth-order valence-corrected chi connectivity index (χ4v) is 3.02. The summed E-state index contributed by atoms with van der Waals surface area (Å²) in [5.74, 6) is -0.355. The zero-order valence-electron chi connectivity index (χ0n) is 13.0. The third kappa shape index (κ3) is 3.42. The number of ether oxygens (including phenoxy) is 1. The Kier molecular flexibility index (Phi) is 4.42. The van der Waals surface area contributed by atoms with E-state index in [1.54, 1.807) is 6.07 Å². The largest absolute Gasteiger partial charge is 0.465 e. The number of esters is 1. The predicted octanol–water partition coefficient (Wildman–Crippen LogP) is 2.82. The molecule has 0 aliphatic heterocycles. The molecule has 0 aromatic heterocycles. The Bertz CT molecular complexity index is 725. The molecule has 2 aromatic carbocycles. The van der Waals surface area contributed by atoms with Crippen LogP contribution in [0.5, 0.6) is 0 Å². The molecule has 1 aliphatic rings. The molecular weight excluding hydrogens is 290 g/mol. The monoisotopic (exact) mass is 309 g/mol. The SMILES string of the molecule is COC(=O)c1ccc2c(c1)C(NC(=O)Cc1ccccc1)CC2. The fourth-order valence-electron chi connectivity index (χ4n) is 3.02. The number of carbonyl (C=O) groups excluding carboxylic acids is 2. The van der Waals surface area contributed by atoms with Gasteiger partial charge < -0.3 is 10.1 Å². The minimum atomic E-state index is -0.353. The summed E-state index contributed by atoms with van der Waals surface area (Å²) < 4.78 is 4.77. The topological polar surface area (TPSA) is 55.4 Å². The second kappa shape index (κ2) is 6.65. The van der Waals surface area contributed by atoms with Gasteiger partial charge in [-0.2, -0.15) is 0 Å². The molecule has 0 radical (unpaired) electrons. The average Bonchev–Trinajstić information content (AvgIpc) is 2.97. The minimum absolute atomic E-state index is 0.00230. The van der Waals surface area contributed by atoms with E-state index in [-0.39, 0.29) is 17.9 Å². The van der Waals surface area contributed by atoms with Crippen LogP contribution in [-0.2, 0) is 22.4 Å². The normalized spacial score (nSPS) is 15.8. The Labute approximate surface area is 135 Å². The van der Waals surface area contributed by atoms with Crippen molar-refractivity contribution < 1.29 is 14.3 Å². The van der Waals surface area contributed by atoms with E-state index in [1.165, 1.54) is 12.7 Å². The van der Waals surface area contributed by atoms with Crippen LogP contribution in [0.3, 0.4) is 0 Å². The molecule has 0 heterocycles. The maximum Gasteiger partial charge on any atom is 0.337 e. The maximum atomic E-state index is 12.3. The molecule has 1 amide bonds. The lowest BCUT2D eigenvalue weighted by Gasteiger charge is -2.15. The summed E-state index contributed by atoms with van der Waals surface area (Å²) in [5, 5.41) is 3.08. The smallest absolute Gasteiger partial charge is 0.337 e. The second-order valence-corrected chi connectivity index (χ2v) is 5.73. The number of benzene rings is 2. The van der Waals surface area contributed by atoms with E-state index in [0.29, 0.717) is 12.0 Å². The van der Waals surface area contributed by atoms with Gasteiger partial charge in [-0.1, -0.05) is 36.4 Å². The Balaban J connectivity index is 1.72. The van der Waals surface area contributed by atoms with Gasteiger partial charge in [-0.15, -0.1) is 0 Å². The molecule has 4 heteroatoms. The summed E-state index contributed by atoms with van der Waals surface area (Å²) in [6.07, 6.45) is 2.14. The fraction of sp³-hybridized carbons (Fsp3) is 0.263. The van der Waals surface area contributed by atoms with Crippen molar-refractivity contribution in [3.8, 4) is 0 Å². The molecule has 0 saturated carbocycles. The van der Waals surface area contributed by atoms with Gasteiger partial charge in [0.1, 0.15) is 0 Å². The van der Waals surface area contributed by atoms with Crippen LogP contribution in [0.1, 0.15) is 39.5 Å². The first-order valence-electron chi connectivity index (χ1n) is 7.72. The van der Waals surface area contributed by atoms with Gasteiger partial charge in [0, 0.05) is 0 Å². The number of carbonyl (C=O) groups is 2. The van der Waals surface area contributed by atoms with E-state index in [9.17, 15) is 9.59 Å². The number of amides is 1. The number of hydrogen-bond acceptors (Lipinski definition) is 3. The van der Waals surface area contributed by atoms with Crippen molar-refractivity contribution in [3.05, 3.63) is 70.8 Å². The zero-order chi connectivity index (χ0) is 16.2. The number of hydrogen-bond donors (Lipinski definition) is 1. The number of methoxy groups -OCH3 is 1. The van der Waals surface area contributed by atoms with Crippen molar-refractivity contribution in [3.63, 3.8) is 0 Å². The summed E-state index contributed by atoms with van der Waals surface area (Å²) in [7, 11) is 1.37. The van der Waals surface area contributed by atoms with Crippen LogP contribution < -0.4 is 5.32 Å². The first kappa shape index (κ1) is 15.3. The molecule has 2 aromatic rings. The molecule has 118 valence electrons. The molecule has 1 N–H and O–H groups in total. The number of nitrogens with one attached hydrogen (secondary N) is 1. The first-order chi connectivity index (χ1) is 11.2. The van der Waals surface area contributed by atoms with Crippen LogP contribution in [0.25, 0.3) is 0 Å². The lowest BCUT2D eigenvalue weighted by atomic mass is 10.0. The number of rotatable bonds is 4. The molecule has 0 saturated heterocycles. The van der Waals surface area contributed by atoms with E-state index in [1.807, 2.05) is 42.5 Å². The highest BCUT2D eigenvalue weighted by Crippen LogP contribution is 2.32. The van der Waals surface area contributed by atoms with Gasteiger partial charge >= 0.3 is 5.97 Å². The van der Waals surface area contributed by atoms with Crippen LogP contribution in [0.4, 0.5) is 0 Å². The predicted molar refractivity (Wildman–Crippen MR) is 87.1 cm³/mol. The van der Waals surface area contributed by atoms with E-state index in [2.05, 4.69) is 5.32 Å². The van der Waals surface area contributed by atoms with Crippen LogP contribution in [0, 0.1) is 0 Å². The highest BCUT2D eigenvalue weighted by Gasteiger charge is 2.25. The standard InChI is InChI=1S/C19H19NO3/c1-23-19(22)15-8-7-14-9-10-17(16(14)12-15)20-18(21)11-13-5-3-2-4-6-13/h2-8,12,17H,9-11H2,1H3,(H,20,21). The van der Waals surface area contributed by atoms with Crippen LogP contribution in [-0.4, -0.2) is 19.0 Å². The number of fused-ring (bicyclic) bond motifs is 1. The van der Waals surface area contributed by atoms with Crippen molar-refractivity contribution >= 4 is 11.9 Å². The van der Waals surface area contributed by atoms with Gasteiger partial charge in [0.25, 0.3) is 0 Å².